The second-order valence-electron chi connectivity index (χ2n) is 3.92. The summed E-state index contributed by atoms with van der Waals surface area (Å²) in [5.41, 5.74) is 0.520. The van der Waals surface area contributed by atoms with Crippen LogP contribution >= 0.6 is 34.4 Å². The zero-order chi connectivity index (χ0) is 14.0. The molecule has 7 heteroatoms. The molecule has 1 atom stereocenters. The van der Waals surface area contributed by atoms with Gasteiger partial charge in [0.25, 0.3) is 0 Å². The normalized spacial score (nSPS) is 19.0. The van der Waals surface area contributed by atoms with Crippen molar-refractivity contribution in [1.82, 2.24) is 0 Å². The number of thioether (sulfide) groups is 1. The number of carboxylic acids is 1. The quantitative estimate of drug-likeness (QED) is 0.550. The number of benzene rings is 1. The van der Waals surface area contributed by atoms with Gasteiger partial charge in [0.15, 0.2) is 0 Å². The lowest BCUT2D eigenvalue weighted by atomic mass is 10.3. The second kappa shape index (κ2) is 5.91. The standard InChI is InChI=1S/C12H10INO4S/c13-7-1-3-8(4-2-7)14-10(15)5-9(12(14)18)19-6-11(16)17/h1-4,9H,5-6H2,(H,16,17)/p-1/t9-/m0/s1. The predicted molar refractivity (Wildman–Crippen MR) is 77.5 cm³/mol. The molecule has 0 unspecified atom stereocenters. The fraction of sp³-hybridized carbons (Fsp3) is 0.250. The van der Waals surface area contributed by atoms with Crippen molar-refractivity contribution in [2.75, 3.05) is 10.7 Å². The molecule has 19 heavy (non-hydrogen) atoms. The van der Waals surface area contributed by atoms with Gasteiger partial charge < -0.3 is 9.90 Å². The number of anilines is 1. The number of carboxylic acid groups (broad SMARTS) is 1. The molecule has 1 aliphatic rings. The van der Waals surface area contributed by atoms with E-state index in [4.69, 9.17) is 0 Å². The van der Waals surface area contributed by atoms with E-state index in [2.05, 4.69) is 22.6 Å². The van der Waals surface area contributed by atoms with Crippen LogP contribution < -0.4 is 10.0 Å². The van der Waals surface area contributed by atoms with Crippen molar-refractivity contribution in [3.63, 3.8) is 0 Å². The topological polar surface area (TPSA) is 77.5 Å². The average Bonchev–Trinajstić information content (AvgIpc) is 2.63. The first-order valence-electron chi connectivity index (χ1n) is 5.43. The molecule has 2 rings (SSSR count). The molecule has 0 saturated carbocycles. The summed E-state index contributed by atoms with van der Waals surface area (Å²) in [5.74, 6) is -2.19. The van der Waals surface area contributed by atoms with Crippen molar-refractivity contribution in [2.24, 2.45) is 0 Å². The van der Waals surface area contributed by atoms with E-state index < -0.39 is 11.2 Å². The Hall–Kier alpha value is -1.09. The molecular weight excluding hydrogens is 381 g/mol. The number of amides is 2. The van der Waals surface area contributed by atoms with E-state index in [0.717, 1.165) is 20.2 Å². The third-order valence-electron chi connectivity index (χ3n) is 2.59. The molecule has 1 aliphatic heterocycles. The zero-order valence-electron chi connectivity index (χ0n) is 9.67. The van der Waals surface area contributed by atoms with Crippen LogP contribution in [-0.2, 0) is 14.4 Å². The maximum absolute atomic E-state index is 12.1. The van der Waals surface area contributed by atoms with Crippen LogP contribution in [0.4, 0.5) is 5.69 Å². The van der Waals surface area contributed by atoms with Crippen LogP contribution in [0.1, 0.15) is 6.42 Å². The lowest BCUT2D eigenvalue weighted by molar-refractivity contribution is -0.301. The number of imide groups is 1. The van der Waals surface area contributed by atoms with Crippen molar-refractivity contribution in [2.45, 2.75) is 11.7 Å². The molecule has 0 aromatic heterocycles. The first-order valence-corrected chi connectivity index (χ1v) is 7.55. The molecule has 2 amide bonds. The lowest BCUT2D eigenvalue weighted by Gasteiger charge is -2.15. The smallest absolute Gasteiger partial charge is 0.247 e. The molecule has 1 aromatic rings. The molecule has 100 valence electrons. The van der Waals surface area contributed by atoms with Gasteiger partial charge in [0, 0.05) is 15.7 Å². The molecule has 0 bridgehead atoms. The van der Waals surface area contributed by atoms with Crippen LogP contribution in [0.25, 0.3) is 0 Å². The fourth-order valence-electron chi connectivity index (χ4n) is 1.76. The van der Waals surface area contributed by atoms with Crippen molar-refractivity contribution in [1.29, 1.82) is 0 Å². The van der Waals surface area contributed by atoms with Crippen LogP contribution in [0.2, 0.25) is 0 Å². The minimum atomic E-state index is -1.24. The second-order valence-corrected chi connectivity index (χ2v) is 6.36. The maximum Gasteiger partial charge on any atom is 0.247 e. The maximum atomic E-state index is 12.1. The largest absolute Gasteiger partial charge is 0.549 e. The van der Waals surface area contributed by atoms with Gasteiger partial charge in [0.2, 0.25) is 11.8 Å². The van der Waals surface area contributed by atoms with Gasteiger partial charge in [-0.1, -0.05) is 0 Å². The highest BCUT2D eigenvalue weighted by molar-refractivity contribution is 14.1. The summed E-state index contributed by atoms with van der Waals surface area (Å²) in [4.78, 5) is 35.4. The number of carbonyl (C=O) groups is 3. The highest BCUT2D eigenvalue weighted by atomic mass is 127. The van der Waals surface area contributed by atoms with Crippen LogP contribution in [0, 0.1) is 3.57 Å². The summed E-state index contributed by atoms with van der Waals surface area (Å²) in [6.07, 6.45) is 0.0305. The van der Waals surface area contributed by atoms with Crippen molar-refractivity contribution in [3.8, 4) is 0 Å². The SMILES string of the molecule is O=C([O-])CS[C@H]1CC(=O)N(c2ccc(I)cc2)C1=O. The first-order chi connectivity index (χ1) is 8.99. The summed E-state index contributed by atoms with van der Waals surface area (Å²) >= 11 is 3.06. The van der Waals surface area contributed by atoms with E-state index in [0.29, 0.717) is 5.69 Å². The van der Waals surface area contributed by atoms with E-state index in [-0.39, 0.29) is 24.0 Å². The van der Waals surface area contributed by atoms with Crippen molar-refractivity contribution in [3.05, 3.63) is 27.8 Å². The van der Waals surface area contributed by atoms with E-state index >= 15 is 0 Å². The van der Waals surface area contributed by atoms with Crippen LogP contribution in [0.3, 0.4) is 0 Å². The number of nitrogens with zero attached hydrogens (tertiary/aromatic N) is 1. The van der Waals surface area contributed by atoms with Crippen LogP contribution in [-0.4, -0.2) is 28.8 Å². The number of halogens is 1. The van der Waals surface area contributed by atoms with Gasteiger partial charge in [-0.05, 0) is 46.9 Å². The zero-order valence-corrected chi connectivity index (χ0v) is 12.6. The Morgan fingerprint density at radius 1 is 1.37 bits per heavy atom. The monoisotopic (exact) mass is 390 g/mol. The number of rotatable bonds is 4. The van der Waals surface area contributed by atoms with Crippen LogP contribution in [0.5, 0.6) is 0 Å². The number of hydrogen-bond donors (Lipinski definition) is 0. The van der Waals surface area contributed by atoms with Crippen LogP contribution in [0.15, 0.2) is 24.3 Å². The number of carbonyl (C=O) groups excluding carboxylic acids is 3. The summed E-state index contributed by atoms with van der Waals surface area (Å²) in [7, 11) is 0. The van der Waals surface area contributed by atoms with E-state index in [1.807, 2.05) is 0 Å². The van der Waals surface area contributed by atoms with Crippen molar-refractivity contribution < 1.29 is 19.5 Å². The summed E-state index contributed by atoms with van der Waals surface area (Å²) < 4.78 is 1.00. The molecule has 0 aliphatic carbocycles. The minimum absolute atomic E-state index is 0.0305. The highest BCUT2D eigenvalue weighted by Gasteiger charge is 2.39. The Balaban J connectivity index is 2.14. The van der Waals surface area contributed by atoms with Gasteiger partial charge in [0.05, 0.1) is 16.9 Å². The average molecular weight is 390 g/mol. The summed E-state index contributed by atoms with van der Waals surface area (Å²) in [6, 6.07) is 7.00. The van der Waals surface area contributed by atoms with Gasteiger partial charge in [-0.3, -0.25) is 9.59 Å². The van der Waals surface area contributed by atoms with Gasteiger partial charge in [0.1, 0.15) is 0 Å². The number of aliphatic carboxylic acids is 1. The Morgan fingerprint density at radius 2 is 2.00 bits per heavy atom. The Morgan fingerprint density at radius 3 is 2.58 bits per heavy atom. The molecular formula is C12H9INO4S-. The molecule has 0 radical (unpaired) electrons. The lowest BCUT2D eigenvalue weighted by Crippen LogP contribution is -2.32. The molecule has 0 N–H and O–H groups in total. The Kier molecular flexibility index (Phi) is 4.46. The van der Waals surface area contributed by atoms with Gasteiger partial charge in [-0.25, -0.2) is 4.90 Å². The van der Waals surface area contributed by atoms with E-state index in [9.17, 15) is 19.5 Å². The minimum Gasteiger partial charge on any atom is -0.549 e. The molecule has 0 spiro atoms. The number of hydrogen-bond acceptors (Lipinski definition) is 5. The van der Waals surface area contributed by atoms with Gasteiger partial charge in [-0.15, -0.1) is 11.8 Å². The summed E-state index contributed by atoms with van der Waals surface area (Å²) in [5, 5.41) is 9.76. The Labute approximate surface area is 127 Å². The fourth-order valence-corrected chi connectivity index (χ4v) is 2.97. The third kappa shape index (κ3) is 3.27. The first kappa shape index (κ1) is 14.3. The molecule has 5 nitrogen and oxygen atoms in total. The van der Waals surface area contributed by atoms with E-state index in [1.54, 1.807) is 24.3 Å². The molecule has 1 saturated heterocycles. The Bertz CT molecular complexity index is 531. The summed E-state index contributed by atoms with van der Waals surface area (Å²) in [6.45, 7) is 0. The van der Waals surface area contributed by atoms with Crippen molar-refractivity contribution >= 4 is 57.8 Å². The predicted octanol–water partition coefficient (Wildman–Crippen LogP) is 0.406. The molecule has 1 aromatic carbocycles. The van der Waals surface area contributed by atoms with E-state index in [1.165, 1.54) is 0 Å². The van der Waals surface area contributed by atoms with Gasteiger partial charge >= 0.3 is 0 Å². The molecule has 1 fully saturated rings. The highest BCUT2D eigenvalue weighted by Crippen LogP contribution is 2.29. The molecule has 1 heterocycles. The third-order valence-corrected chi connectivity index (χ3v) is 4.48. The van der Waals surface area contributed by atoms with Gasteiger partial charge in [-0.2, -0.15) is 0 Å².